The van der Waals surface area contributed by atoms with Crippen LogP contribution in [0.5, 0.6) is 5.75 Å². The van der Waals surface area contributed by atoms with E-state index in [1.807, 2.05) is 0 Å². The maximum atomic E-state index is 15.1. The van der Waals surface area contributed by atoms with Crippen LogP contribution in [-0.4, -0.2) is 98.3 Å². The van der Waals surface area contributed by atoms with Crippen molar-refractivity contribution in [2.75, 3.05) is 46.5 Å². The molecule has 3 saturated heterocycles. The molecular weight excluding hydrogens is 681 g/mol. The summed E-state index contributed by atoms with van der Waals surface area (Å²) in [5, 5.41) is 9.19. The van der Waals surface area contributed by atoms with Crippen molar-refractivity contribution in [3.05, 3.63) is 68.4 Å². The summed E-state index contributed by atoms with van der Waals surface area (Å²) in [5.74, 6) is -1.35. The first-order valence-corrected chi connectivity index (χ1v) is 18.3. The summed E-state index contributed by atoms with van der Waals surface area (Å²) in [6.45, 7) is 5.56. The fraction of sp³-hybridized carbons (Fsp3) is 0.543. The van der Waals surface area contributed by atoms with Gasteiger partial charge in [0.25, 0.3) is 17.4 Å². The number of hydrogen-bond acceptors (Lipinski definition) is 10. The first kappa shape index (κ1) is 35.0. The summed E-state index contributed by atoms with van der Waals surface area (Å²) in [4.78, 5) is 64.0. The molecule has 0 N–H and O–H groups in total. The zero-order valence-corrected chi connectivity index (χ0v) is 29.8. The molecule has 0 aliphatic carbocycles. The largest absolute Gasteiger partial charge is 0.496 e. The molecule has 1 aromatic carbocycles. The third kappa shape index (κ3) is 6.26. The van der Waals surface area contributed by atoms with Gasteiger partial charge in [-0.05, 0) is 70.6 Å². The van der Waals surface area contributed by atoms with E-state index in [9.17, 15) is 18.8 Å². The van der Waals surface area contributed by atoms with Crippen molar-refractivity contribution in [3.63, 3.8) is 0 Å². The molecule has 4 aromatic rings. The van der Waals surface area contributed by atoms with Crippen LogP contribution in [0.1, 0.15) is 62.7 Å². The van der Waals surface area contributed by atoms with Crippen molar-refractivity contribution in [2.24, 2.45) is 0 Å². The minimum atomic E-state index is -2.18. The van der Waals surface area contributed by atoms with Crippen molar-refractivity contribution in [2.45, 2.75) is 76.7 Å². The van der Waals surface area contributed by atoms with Crippen LogP contribution in [-0.2, 0) is 31.1 Å². The van der Waals surface area contributed by atoms with Gasteiger partial charge in [0.2, 0.25) is 5.54 Å². The molecule has 272 valence electrons. The van der Waals surface area contributed by atoms with Crippen LogP contribution in [0.3, 0.4) is 0 Å². The highest BCUT2D eigenvalue weighted by Crippen LogP contribution is 2.36. The smallest absolute Gasteiger partial charge is 0.333 e. The van der Waals surface area contributed by atoms with Crippen LogP contribution >= 0.6 is 11.3 Å². The molecule has 0 bridgehead atoms. The van der Waals surface area contributed by atoms with Gasteiger partial charge >= 0.3 is 5.69 Å². The van der Waals surface area contributed by atoms with E-state index in [1.165, 1.54) is 54.0 Å². The number of aryl methyl sites for hydroxylation is 1. The standard InChI is InChI=1S/C35H42FN7O7S/c1-22-28-29(44)42(35(2,32(45)39-14-4-5-15-39)33(46)40-16-6-7-17-40)34(47)41(31(28)51-30(22)43-37-12-13-38-43)21-27(50-24-10-18-49-19-11-24)25-20-23(36)8-9-26(25)48-3/h8-9,12-13,20,24,27H,4-7,10-11,14-19,21H2,1-3H3/t27-/m0/s1. The van der Waals surface area contributed by atoms with E-state index in [2.05, 4.69) is 10.2 Å². The number of nitrogens with zero attached hydrogens (tertiary/aromatic N) is 7. The number of carbonyl (C=O) groups is 2. The molecule has 2 amide bonds. The van der Waals surface area contributed by atoms with Crippen molar-refractivity contribution in [3.8, 4) is 10.8 Å². The lowest BCUT2D eigenvalue weighted by Crippen LogP contribution is -2.64. The molecule has 0 unspecified atom stereocenters. The number of hydrogen-bond donors (Lipinski definition) is 0. The topological polar surface area (TPSA) is 143 Å². The van der Waals surface area contributed by atoms with Gasteiger partial charge < -0.3 is 24.0 Å². The van der Waals surface area contributed by atoms with Crippen LogP contribution in [0.4, 0.5) is 4.39 Å². The minimum Gasteiger partial charge on any atom is -0.496 e. The highest BCUT2D eigenvalue weighted by atomic mass is 32.1. The van der Waals surface area contributed by atoms with Crippen LogP contribution in [0, 0.1) is 12.7 Å². The molecule has 6 heterocycles. The summed E-state index contributed by atoms with van der Waals surface area (Å²) < 4.78 is 35.0. The van der Waals surface area contributed by atoms with E-state index >= 15 is 4.79 Å². The van der Waals surface area contributed by atoms with Crippen molar-refractivity contribution in [1.29, 1.82) is 0 Å². The highest BCUT2D eigenvalue weighted by molar-refractivity contribution is 7.21. The van der Waals surface area contributed by atoms with Gasteiger partial charge in [0, 0.05) is 50.5 Å². The van der Waals surface area contributed by atoms with Crippen LogP contribution in [0.2, 0.25) is 0 Å². The quantitative estimate of drug-likeness (QED) is 0.226. The lowest BCUT2D eigenvalue weighted by Gasteiger charge is -2.36. The van der Waals surface area contributed by atoms with Gasteiger partial charge in [-0.1, -0.05) is 11.3 Å². The van der Waals surface area contributed by atoms with Gasteiger partial charge in [0.05, 0.1) is 37.5 Å². The number of amides is 2. The number of rotatable bonds is 10. The number of likely N-dealkylation sites (tertiary alicyclic amines) is 2. The summed E-state index contributed by atoms with van der Waals surface area (Å²) in [7, 11) is 1.47. The van der Waals surface area contributed by atoms with Crippen molar-refractivity contribution < 1.29 is 28.2 Å². The third-order valence-corrected chi connectivity index (χ3v) is 11.5. The van der Waals surface area contributed by atoms with E-state index < -0.39 is 40.5 Å². The van der Waals surface area contributed by atoms with E-state index in [4.69, 9.17) is 14.2 Å². The first-order valence-electron chi connectivity index (χ1n) is 17.4. The maximum absolute atomic E-state index is 15.1. The predicted molar refractivity (Wildman–Crippen MR) is 186 cm³/mol. The predicted octanol–water partition coefficient (Wildman–Crippen LogP) is 3.16. The Kier molecular flexibility index (Phi) is 9.82. The Morgan fingerprint density at radius 1 is 1.02 bits per heavy atom. The summed E-state index contributed by atoms with van der Waals surface area (Å²) in [6.07, 6.45) is 5.97. The SMILES string of the molecule is COc1ccc(F)cc1[C@H](Cn1c(=O)n(C(C)(C(=O)N2CCCC2)C(=O)N2CCCC2)c(=O)c2c(C)c(-n3nccn3)sc21)OC1CCOCC1. The van der Waals surface area contributed by atoms with E-state index in [0.29, 0.717) is 74.1 Å². The average Bonchev–Trinajstić information content (AvgIpc) is 3.98. The number of fused-ring (bicyclic) bond motifs is 1. The molecule has 16 heteroatoms. The zero-order chi connectivity index (χ0) is 35.9. The molecule has 3 fully saturated rings. The number of aromatic nitrogens is 5. The lowest BCUT2D eigenvalue weighted by atomic mass is 9.97. The minimum absolute atomic E-state index is 0.151. The number of benzene rings is 1. The lowest BCUT2D eigenvalue weighted by molar-refractivity contribution is -0.153. The Morgan fingerprint density at radius 2 is 1.63 bits per heavy atom. The fourth-order valence-electron chi connectivity index (χ4n) is 7.52. The van der Waals surface area contributed by atoms with Gasteiger partial charge in [-0.15, -0.1) is 4.80 Å². The van der Waals surface area contributed by atoms with Gasteiger partial charge in [-0.25, -0.2) is 13.8 Å². The zero-order valence-electron chi connectivity index (χ0n) is 29.0. The van der Waals surface area contributed by atoms with Crippen molar-refractivity contribution >= 4 is 33.4 Å². The van der Waals surface area contributed by atoms with Crippen LogP contribution < -0.4 is 16.0 Å². The second-order valence-corrected chi connectivity index (χ2v) is 14.4. The molecule has 7 rings (SSSR count). The summed E-state index contributed by atoms with van der Waals surface area (Å²) >= 11 is 1.14. The Labute approximate surface area is 297 Å². The molecule has 0 spiro atoms. The molecule has 0 saturated carbocycles. The maximum Gasteiger partial charge on any atom is 0.333 e. The second-order valence-electron chi connectivity index (χ2n) is 13.5. The normalized spacial score (nSPS) is 17.8. The molecule has 3 aliphatic rings. The first-order chi connectivity index (χ1) is 24.6. The molecule has 51 heavy (non-hydrogen) atoms. The number of thiophene rings is 1. The monoisotopic (exact) mass is 723 g/mol. The van der Waals surface area contributed by atoms with E-state index in [-0.39, 0.29) is 22.9 Å². The van der Waals surface area contributed by atoms with Crippen molar-refractivity contribution in [1.82, 2.24) is 33.9 Å². The number of halogens is 1. The molecule has 3 aromatic heterocycles. The van der Waals surface area contributed by atoms with Gasteiger partial charge in [-0.3, -0.25) is 19.0 Å². The third-order valence-electron chi connectivity index (χ3n) is 10.3. The number of ether oxygens (including phenoxy) is 3. The molecule has 0 radical (unpaired) electrons. The molecule has 14 nitrogen and oxygen atoms in total. The van der Waals surface area contributed by atoms with Gasteiger partial charge in [0.15, 0.2) is 0 Å². The highest BCUT2D eigenvalue weighted by Gasteiger charge is 2.51. The van der Waals surface area contributed by atoms with E-state index in [0.717, 1.165) is 41.6 Å². The van der Waals surface area contributed by atoms with Gasteiger partial charge in [0.1, 0.15) is 27.5 Å². The molecule has 3 aliphatic heterocycles. The molecule has 1 atom stereocenters. The summed E-state index contributed by atoms with van der Waals surface area (Å²) in [6, 6.07) is 4.10. The second kappa shape index (κ2) is 14.3. The fourth-order valence-corrected chi connectivity index (χ4v) is 8.74. The molecular formula is C35H42FN7O7S. The Hall–Kier alpha value is -4.41. The Bertz CT molecular complexity index is 2010. The number of carbonyl (C=O) groups excluding carboxylic acids is 2. The Balaban J connectivity index is 1.49. The average molecular weight is 724 g/mol. The number of methoxy groups -OCH3 is 1. The van der Waals surface area contributed by atoms with Gasteiger partial charge in [-0.2, -0.15) is 10.2 Å². The van der Waals surface area contributed by atoms with Crippen LogP contribution in [0.25, 0.3) is 15.2 Å². The Morgan fingerprint density at radius 3 is 2.22 bits per heavy atom. The summed E-state index contributed by atoms with van der Waals surface area (Å²) in [5.41, 5.74) is -2.94. The van der Waals surface area contributed by atoms with Crippen LogP contribution in [0.15, 0.2) is 40.2 Å². The van der Waals surface area contributed by atoms with E-state index in [1.54, 1.807) is 16.7 Å².